The van der Waals surface area contributed by atoms with Crippen molar-refractivity contribution in [2.75, 3.05) is 4.72 Å². The maximum absolute atomic E-state index is 12.2. The molecule has 0 saturated heterocycles. The minimum Gasteiger partial charge on any atom is -0.262 e. The summed E-state index contributed by atoms with van der Waals surface area (Å²) < 4.78 is 30.9. The van der Waals surface area contributed by atoms with Crippen molar-refractivity contribution >= 4 is 27.4 Å². The lowest BCUT2D eigenvalue weighted by molar-refractivity contribution is 0.601. The summed E-state index contributed by atoms with van der Waals surface area (Å²) in [6, 6.07) is 8.75. The lowest BCUT2D eigenvalue weighted by Crippen LogP contribution is -2.13. The largest absolute Gasteiger partial charge is 0.263 e. The number of rotatable bonds is 6. The van der Waals surface area contributed by atoms with Crippen molar-refractivity contribution in [1.29, 1.82) is 0 Å². The molecule has 2 rings (SSSR count). The highest BCUT2D eigenvalue weighted by molar-refractivity contribution is 7.92. The van der Waals surface area contributed by atoms with Gasteiger partial charge in [-0.1, -0.05) is 25.5 Å². The van der Waals surface area contributed by atoms with E-state index in [0.29, 0.717) is 5.82 Å². The molecule has 1 N–H and O–H groups in total. The molecule has 0 aliphatic carbocycles. The van der Waals surface area contributed by atoms with Gasteiger partial charge in [-0.05, 0) is 55.1 Å². The van der Waals surface area contributed by atoms with Crippen LogP contribution in [-0.4, -0.2) is 12.8 Å². The van der Waals surface area contributed by atoms with Crippen LogP contribution in [0.1, 0.15) is 30.2 Å². The van der Waals surface area contributed by atoms with Gasteiger partial charge in [0.2, 0.25) is 0 Å². The van der Waals surface area contributed by atoms with Crippen LogP contribution in [0.15, 0.2) is 35.2 Å². The van der Waals surface area contributed by atoms with Crippen LogP contribution < -0.4 is 4.72 Å². The fourth-order valence-corrected chi connectivity index (χ4v) is 3.38. The topological polar surface area (TPSA) is 59.1 Å². The van der Waals surface area contributed by atoms with Crippen LogP contribution >= 0.6 is 11.5 Å². The number of hydrogen-bond acceptors (Lipinski definition) is 4. The first kappa shape index (κ1) is 15.0. The summed E-state index contributed by atoms with van der Waals surface area (Å²) >= 11 is 1.27. The van der Waals surface area contributed by atoms with Gasteiger partial charge < -0.3 is 0 Å². The summed E-state index contributed by atoms with van der Waals surface area (Å²) in [4.78, 5) is 1.24. The normalized spacial score (nSPS) is 11.5. The van der Waals surface area contributed by atoms with Crippen LogP contribution in [0.3, 0.4) is 0 Å². The zero-order valence-corrected chi connectivity index (χ0v) is 13.2. The molecule has 108 valence electrons. The smallest absolute Gasteiger partial charge is 0.262 e. The van der Waals surface area contributed by atoms with E-state index in [4.69, 9.17) is 0 Å². The lowest BCUT2D eigenvalue weighted by Gasteiger charge is -2.06. The van der Waals surface area contributed by atoms with Crippen molar-refractivity contribution in [1.82, 2.24) is 4.37 Å². The van der Waals surface area contributed by atoms with Crippen molar-refractivity contribution in [3.8, 4) is 0 Å². The van der Waals surface area contributed by atoms with Gasteiger partial charge in [0.1, 0.15) is 0 Å². The first-order valence-corrected chi connectivity index (χ1v) is 8.82. The van der Waals surface area contributed by atoms with Crippen molar-refractivity contribution in [2.24, 2.45) is 0 Å². The average Bonchev–Trinajstić information content (AvgIpc) is 2.81. The van der Waals surface area contributed by atoms with Crippen LogP contribution in [0.4, 0.5) is 5.82 Å². The Balaban J connectivity index is 2.13. The molecule has 1 aromatic heterocycles. The van der Waals surface area contributed by atoms with Gasteiger partial charge in [0.15, 0.2) is 5.82 Å². The van der Waals surface area contributed by atoms with E-state index in [1.54, 1.807) is 18.2 Å². The van der Waals surface area contributed by atoms with E-state index < -0.39 is 10.0 Å². The Morgan fingerprint density at radius 2 is 1.95 bits per heavy atom. The first-order chi connectivity index (χ1) is 9.51. The van der Waals surface area contributed by atoms with Crippen LogP contribution in [0.5, 0.6) is 0 Å². The standard InChI is InChI=1S/C14H18N2O2S2/c1-3-4-5-12-6-8-13(9-7-12)20(17,18)16-14-10-11(2)19-15-14/h6-10H,3-5H2,1-2H3,(H,15,16). The third kappa shape index (κ3) is 3.80. The van der Waals surface area contributed by atoms with E-state index in [1.165, 1.54) is 11.5 Å². The summed E-state index contributed by atoms with van der Waals surface area (Å²) in [6.07, 6.45) is 3.22. The predicted octanol–water partition coefficient (Wildman–Crippen LogP) is 3.59. The highest BCUT2D eigenvalue weighted by atomic mass is 32.2. The number of sulfonamides is 1. The number of nitrogens with zero attached hydrogens (tertiary/aromatic N) is 1. The molecule has 0 saturated carbocycles. The number of unbranched alkanes of at least 4 members (excludes halogenated alkanes) is 1. The number of aryl methyl sites for hydroxylation is 2. The molecule has 4 nitrogen and oxygen atoms in total. The third-order valence-corrected chi connectivity index (χ3v) is 4.98. The molecule has 2 aromatic rings. The highest BCUT2D eigenvalue weighted by Crippen LogP contribution is 2.19. The second-order valence-electron chi connectivity index (χ2n) is 4.68. The van der Waals surface area contributed by atoms with E-state index in [1.807, 2.05) is 19.1 Å². The van der Waals surface area contributed by atoms with Crippen molar-refractivity contribution in [3.05, 3.63) is 40.8 Å². The average molecular weight is 310 g/mol. The predicted molar refractivity (Wildman–Crippen MR) is 82.7 cm³/mol. The third-order valence-electron chi connectivity index (χ3n) is 2.92. The lowest BCUT2D eigenvalue weighted by atomic mass is 10.1. The summed E-state index contributed by atoms with van der Waals surface area (Å²) in [5.74, 6) is 0.377. The van der Waals surface area contributed by atoms with Crippen LogP contribution in [0, 0.1) is 6.92 Å². The summed E-state index contributed by atoms with van der Waals surface area (Å²) in [6.45, 7) is 4.02. The van der Waals surface area contributed by atoms with Crippen molar-refractivity contribution in [2.45, 2.75) is 38.0 Å². The molecule has 1 heterocycles. The van der Waals surface area contributed by atoms with Gasteiger partial charge in [-0.3, -0.25) is 4.72 Å². The van der Waals surface area contributed by atoms with E-state index in [0.717, 1.165) is 29.7 Å². The molecule has 0 atom stereocenters. The zero-order chi connectivity index (χ0) is 14.6. The van der Waals surface area contributed by atoms with Gasteiger partial charge >= 0.3 is 0 Å². The zero-order valence-electron chi connectivity index (χ0n) is 11.6. The van der Waals surface area contributed by atoms with E-state index in [-0.39, 0.29) is 4.90 Å². The molecule has 0 amide bonds. The van der Waals surface area contributed by atoms with Crippen LogP contribution in [-0.2, 0) is 16.4 Å². The molecular weight excluding hydrogens is 292 g/mol. The number of nitrogens with one attached hydrogen (secondary N) is 1. The van der Waals surface area contributed by atoms with Gasteiger partial charge in [-0.25, -0.2) is 8.42 Å². The SMILES string of the molecule is CCCCc1ccc(S(=O)(=O)Nc2cc(C)sn2)cc1. The Morgan fingerprint density at radius 3 is 2.50 bits per heavy atom. The van der Waals surface area contributed by atoms with Crippen LogP contribution in [0.2, 0.25) is 0 Å². The Kier molecular flexibility index (Phi) is 4.77. The minimum atomic E-state index is -3.54. The first-order valence-electron chi connectivity index (χ1n) is 6.56. The van der Waals surface area contributed by atoms with Crippen molar-refractivity contribution < 1.29 is 8.42 Å². The maximum Gasteiger partial charge on any atom is 0.263 e. The quantitative estimate of drug-likeness (QED) is 0.887. The summed E-state index contributed by atoms with van der Waals surface area (Å²) in [5, 5.41) is 0. The fourth-order valence-electron chi connectivity index (χ4n) is 1.83. The number of hydrogen-bond donors (Lipinski definition) is 1. The Labute approximate surface area is 124 Å². The van der Waals surface area contributed by atoms with E-state index >= 15 is 0 Å². The van der Waals surface area contributed by atoms with Gasteiger partial charge in [0.25, 0.3) is 10.0 Å². The molecule has 0 bridgehead atoms. The Hall–Kier alpha value is -1.40. The molecular formula is C14H18N2O2S2. The molecule has 0 aliphatic rings. The number of anilines is 1. The molecule has 0 radical (unpaired) electrons. The second-order valence-corrected chi connectivity index (χ2v) is 7.37. The molecule has 20 heavy (non-hydrogen) atoms. The fraction of sp³-hybridized carbons (Fsp3) is 0.357. The van der Waals surface area contributed by atoms with Gasteiger partial charge in [-0.15, -0.1) is 0 Å². The van der Waals surface area contributed by atoms with Gasteiger partial charge in [0, 0.05) is 4.88 Å². The molecule has 0 spiro atoms. The van der Waals surface area contributed by atoms with E-state index in [2.05, 4.69) is 16.0 Å². The van der Waals surface area contributed by atoms with Crippen LogP contribution in [0.25, 0.3) is 0 Å². The van der Waals surface area contributed by atoms with E-state index in [9.17, 15) is 8.42 Å². The summed E-state index contributed by atoms with van der Waals surface area (Å²) in [5.41, 5.74) is 1.16. The molecule has 1 aromatic carbocycles. The highest BCUT2D eigenvalue weighted by Gasteiger charge is 2.15. The maximum atomic E-state index is 12.2. The van der Waals surface area contributed by atoms with Crippen molar-refractivity contribution in [3.63, 3.8) is 0 Å². The molecule has 0 fully saturated rings. The minimum absolute atomic E-state index is 0.267. The summed E-state index contributed by atoms with van der Waals surface area (Å²) in [7, 11) is -3.54. The second kappa shape index (κ2) is 6.37. The molecule has 0 aliphatic heterocycles. The molecule has 0 unspecified atom stereocenters. The number of benzene rings is 1. The monoisotopic (exact) mass is 310 g/mol. The van der Waals surface area contributed by atoms with Gasteiger partial charge in [0.05, 0.1) is 4.90 Å². The Bertz CT molecular complexity index is 661. The van der Waals surface area contributed by atoms with Gasteiger partial charge in [-0.2, -0.15) is 4.37 Å². The Morgan fingerprint density at radius 1 is 1.25 bits per heavy atom. The molecule has 6 heteroatoms. The number of aromatic nitrogens is 1.